The van der Waals surface area contributed by atoms with E-state index < -0.39 is 0 Å². The van der Waals surface area contributed by atoms with Crippen LogP contribution in [-0.2, 0) is 0 Å². The van der Waals surface area contributed by atoms with Gasteiger partial charge in [0.1, 0.15) is 11.0 Å². The Morgan fingerprint density at radius 1 is 1.50 bits per heavy atom. The van der Waals surface area contributed by atoms with Crippen molar-refractivity contribution < 1.29 is 4.79 Å². The number of anilines is 1. The van der Waals surface area contributed by atoms with E-state index in [-0.39, 0.29) is 5.91 Å². The van der Waals surface area contributed by atoms with E-state index in [0.29, 0.717) is 21.7 Å². The van der Waals surface area contributed by atoms with Crippen molar-refractivity contribution in [2.24, 2.45) is 4.99 Å². The van der Waals surface area contributed by atoms with Gasteiger partial charge < -0.3 is 10.2 Å². The van der Waals surface area contributed by atoms with Crippen LogP contribution in [-0.4, -0.2) is 42.5 Å². The third kappa shape index (κ3) is 3.14. The van der Waals surface area contributed by atoms with Crippen molar-refractivity contribution in [1.82, 2.24) is 10.3 Å². The molecule has 1 N–H and O–H groups in total. The summed E-state index contributed by atoms with van der Waals surface area (Å²) in [5.41, 5.74) is 0.480. The predicted molar refractivity (Wildman–Crippen MR) is 75.8 cm³/mol. The number of halogens is 1. The molecule has 96 valence electrons. The number of amides is 1. The molecule has 0 aliphatic carbocycles. The summed E-state index contributed by atoms with van der Waals surface area (Å²) in [5.74, 6) is 1.35. The van der Waals surface area contributed by atoms with Crippen LogP contribution in [0.15, 0.2) is 17.1 Å². The molecule has 0 aromatic carbocycles. The lowest BCUT2D eigenvalue weighted by molar-refractivity contribution is 0.0978. The summed E-state index contributed by atoms with van der Waals surface area (Å²) in [6, 6.07) is 3.24. The molecule has 0 unspecified atom stereocenters. The average Bonchev–Trinajstić information content (AvgIpc) is 2.80. The Hall–Kier alpha value is -1.27. The van der Waals surface area contributed by atoms with Gasteiger partial charge in [-0.25, -0.2) is 4.98 Å². The molecular formula is C11H13ClN4OS. The number of nitrogens with one attached hydrogen (secondary N) is 1. The van der Waals surface area contributed by atoms with Crippen LogP contribution in [0.5, 0.6) is 0 Å². The minimum absolute atomic E-state index is 0.212. The Morgan fingerprint density at radius 3 is 2.89 bits per heavy atom. The van der Waals surface area contributed by atoms with Crippen molar-refractivity contribution in [3.05, 3.63) is 22.8 Å². The highest BCUT2D eigenvalue weighted by molar-refractivity contribution is 8.14. The zero-order valence-electron chi connectivity index (χ0n) is 10.1. The number of pyridine rings is 1. The predicted octanol–water partition coefficient (Wildman–Crippen LogP) is 1.63. The van der Waals surface area contributed by atoms with E-state index in [1.807, 2.05) is 14.1 Å². The van der Waals surface area contributed by atoms with Crippen LogP contribution < -0.4 is 10.2 Å². The lowest BCUT2D eigenvalue weighted by Gasteiger charge is -2.13. The third-order valence-corrected chi connectivity index (χ3v) is 3.39. The van der Waals surface area contributed by atoms with Crippen LogP contribution in [0.25, 0.3) is 0 Å². The highest BCUT2D eigenvalue weighted by atomic mass is 35.5. The molecule has 5 nitrogen and oxygen atoms in total. The van der Waals surface area contributed by atoms with Crippen molar-refractivity contribution in [1.29, 1.82) is 0 Å². The molecule has 1 aromatic heterocycles. The van der Waals surface area contributed by atoms with Gasteiger partial charge in [-0.3, -0.25) is 9.79 Å². The van der Waals surface area contributed by atoms with E-state index >= 15 is 0 Å². The maximum absolute atomic E-state index is 12.0. The van der Waals surface area contributed by atoms with E-state index in [1.165, 1.54) is 11.8 Å². The van der Waals surface area contributed by atoms with Gasteiger partial charge in [-0.1, -0.05) is 23.4 Å². The normalized spacial score (nSPS) is 14.3. The number of aliphatic imine (C=N–C) groups is 1. The monoisotopic (exact) mass is 284 g/mol. The fourth-order valence-electron chi connectivity index (χ4n) is 1.42. The molecule has 0 saturated carbocycles. The minimum atomic E-state index is -0.212. The number of amidine groups is 1. The fraction of sp³-hybridized carbons (Fsp3) is 0.364. The van der Waals surface area contributed by atoms with Crippen molar-refractivity contribution in [2.45, 2.75) is 0 Å². The third-order valence-electron chi connectivity index (χ3n) is 2.31. The summed E-state index contributed by atoms with van der Waals surface area (Å²) in [5, 5.41) is 3.72. The van der Waals surface area contributed by atoms with Crippen molar-refractivity contribution in [2.75, 3.05) is 31.3 Å². The Kier molecular flexibility index (Phi) is 4.08. The topological polar surface area (TPSA) is 57.6 Å². The number of hydrogen-bond donors (Lipinski definition) is 1. The highest BCUT2D eigenvalue weighted by Gasteiger charge is 2.14. The van der Waals surface area contributed by atoms with E-state index in [1.54, 1.807) is 17.0 Å². The quantitative estimate of drug-likeness (QED) is 0.839. The smallest absolute Gasteiger partial charge is 0.257 e. The van der Waals surface area contributed by atoms with E-state index in [0.717, 1.165) is 12.3 Å². The number of hydrogen-bond acceptors (Lipinski definition) is 5. The summed E-state index contributed by atoms with van der Waals surface area (Å²) < 4.78 is 0. The van der Waals surface area contributed by atoms with Crippen LogP contribution >= 0.6 is 23.4 Å². The summed E-state index contributed by atoms with van der Waals surface area (Å²) in [4.78, 5) is 22.1. The van der Waals surface area contributed by atoms with E-state index in [9.17, 15) is 4.79 Å². The molecule has 2 heterocycles. The minimum Gasteiger partial charge on any atom is -0.363 e. The molecule has 0 saturated heterocycles. The van der Waals surface area contributed by atoms with Gasteiger partial charge in [0, 0.05) is 25.4 Å². The second-order valence-corrected chi connectivity index (χ2v) is 5.39. The first-order valence-electron chi connectivity index (χ1n) is 5.40. The van der Waals surface area contributed by atoms with Gasteiger partial charge >= 0.3 is 0 Å². The summed E-state index contributed by atoms with van der Waals surface area (Å²) in [7, 11) is 3.69. The van der Waals surface area contributed by atoms with Crippen LogP contribution in [0.4, 0.5) is 5.82 Å². The van der Waals surface area contributed by atoms with Crippen LogP contribution in [0, 0.1) is 0 Å². The van der Waals surface area contributed by atoms with Gasteiger partial charge in [0.25, 0.3) is 5.91 Å². The van der Waals surface area contributed by atoms with E-state index in [4.69, 9.17) is 11.6 Å². The van der Waals surface area contributed by atoms with Crippen LogP contribution in [0.3, 0.4) is 0 Å². The Morgan fingerprint density at radius 2 is 2.28 bits per heavy atom. The summed E-state index contributed by atoms with van der Waals surface area (Å²) >= 11 is 7.44. The molecule has 0 radical (unpaired) electrons. The van der Waals surface area contributed by atoms with Crippen LogP contribution in [0.2, 0.25) is 5.15 Å². The average molecular weight is 285 g/mol. The van der Waals surface area contributed by atoms with Crippen molar-refractivity contribution in [3.63, 3.8) is 0 Å². The maximum atomic E-state index is 12.0. The summed E-state index contributed by atoms with van der Waals surface area (Å²) in [6.45, 7) is 0.750. The maximum Gasteiger partial charge on any atom is 0.257 e. The second kappa shape index (κ2) is 5.58. The molecule has 18 heavy (non-hydrogen) atoms. The van der Waals surface area contributed by atoms with Gasteiger partial charge in [-0.15, -0.1) is 0 Å². The van der Waals surface area contributed by atoms with Crippen LogP contribution in [0.1, 0.15) is 10.4 Å². The number of carbonyl (C=O) groups excluding carboxylic acids is 1. The molecule has 1 aliphatic rings. The standard InChI is InChI=1S/C11H13ClN4OS/c1-16(2)9-6-7(5-8(12)14-9)10(17)15-11-13-3-4-18-11/h5-6H,3-4H2,1-2H3,(H,13,15,17). The summed E-state index contributed by atoms with van der Waals surface area (Å²) in [6.07, 6.45) is 0. The number of aromatic nitrogens is 1. The number of thioether (sulfide) groups is 1. The lowest BCUT2D eigenvalue weighted by atomic mass is 10.2. The highest BCUT2D eigenvalue weighted by Crippen LogP contribution is 2.17. The lowest BCUT2D eigenvalue weighted by Crippen LogP contribution is -2.27. The number of rotatable bonds is 2. The molecule has 1 aromatic rings. The first-order valence-corrected chi connectivity index (χ1v) is 6.76. The number of nitrogens with zero attached hydrogens (tertiary/aromatic N) is 3. The SMILES string of the molecule is CN(C)c1cc(C(=O)NC2=NCCS2)cc(Cl)n1. The van der Waals surface area contributed by atoms with Gasteiger partial charge in [0.05, 0.1) is 6.54 Å². The van der Waals surface area contributed by atoms with E-state index in [2.05, 4.69) is 15.3 Å². The Bertz CT molecular complexity index is 504. The largest absolute Gasteiger partial charge is 0.363 e. The van der Waals surface area contributed by atoms with Gasteiger partial charge in [0.2, 0.25) is 0 Å². The van der Waals surface area contributed by atoms with Crippen molar-refractivity contribution >= 4 is 40.3 Å². The first-order chi connectivity index (χ1) is 8.56. The molecule has 0 spiro atoms. The Labute approximate surface area is 115 Å². The van der Waals surface area contributed by atoms with Crippen molar-refractivity contribution in [3.8, 4) is 0 Å². The molecule has 0 bridgehead atoms. The molecule has 0 atom stereocenters. The zero-order valence-corrected chi connectivity index (χ0v) is 11.7. The fourth-order valence-corrected chi connectivity index (χ4v) is 2.35. The molecule has 2 rings (SSSR count). The van der Waals surface area contributed by atoms with Gasteiger partial charge in [-0.2, -0.15) is 0 Å². The molecule has 7 heteroatoms. The Balaban J connectivity index is 2.19. The van der Waals surface area contributed by atoms with Gasteiger partial charge in [0.15, 0.2) is 5.17 Å². The molecule has 0 fully saturated rings. The van der Waals surface area contributed by atoms with Gasteiger partial charge in [-0.05, 0) is 12.1 Å². The molecular weight excluding hydrogens is 272 g/mol. The molecule has 1 aliphatic heterocycles. The second-order valence-electron chi connectivity index (χ2n) is 3.92. The number of carbonyl (C=O) groups is 1. The molecule has 1 amide bonds. The first kappa shape index (κ1) is 13.2. The zero-order chi connectivity index (χ0) is 13.1.